The van der Waals surface area contributed by atoms with Gasteiger partial charge in [0.05, 0.1) is 13.1 Å². The number of urea groups is 1. The van der Waals surface area contributed by atoms with Crippen LogP contribution >= 0.6 is 0 Å². The van der Waals surface area contributed by atoms with Crippen LogP contribution in [-0.4, -0.2) is 36.9 Å². The Morgan fingerprint density at radius 2 is 2.03 bits per heavy atom. The number of carbonyl (C=O) groups excluding carboxylic acids is 1. The van der Waals surface area contributed by atoms with Gasteiger partial charge in [-0.3, -0.25) is 0 Å². The molecule has 2 amide bonds. The van der Waals surface area contributed by atoms with Crippen molar-refractivity contribution in [3.63, 3.8) is 0 Å². The van der Waals surface area contributed by atoms with Crippen molar-refractivity contribution in [2.45, 2.75) is 44.7 Å². The zero-order valence-electron chi connectivity index (χ0n) is 16.6. The highest BCUT2D eigenvalue weighted by Crippen LogP contribution is 2.47. The maximum Gasteiger partial charge on any atom is 0.318 e. The second-order valence-corrected chi connectivity index (χ2v) is 8.08. The summed E-state index contributed by atoms with van der Waals surface area (Å²) in [5, 5.41) is 2.96. The van der Waals surface area contributed by atoms with Crippen molar-refractivity contribution in [3.8, 4) is 17.2 Å². The second kappa shape index (κ2) is 7.54. The van der Waals surface area contributed by atoms with Crippen molar-refractivity contribution in [1.29, 1.82) is 0 Å². The molecule has 2 fully saturated rings. The third-order valence-corrected chi connectivity index (χ3v) is 5.72. The maximum atomic E-state index is 12.7. The van der Waals surface area contributed by atoms with E-state index in [2.05, 4.69) is 18.3 Å². The molecule has 2 saturated carbocycles. The molecule has 2 unspecified atom stereocenters. The number of benzene rings is 1. The number of furan rings is 1. The van der Waals surface area contributed by atoms with Gasteiger partial charge in [0.25, 0.3) is 0 Å². The highest BCUT2D eigenvalue weighted by molar-refractivity contribution is 5.74. The summed E-state index contributed by atoms with van der Waals surface area (Å²) < 4.78 is 22.3. The Morgan fingerprint density at radius 3 is 2.83 bits per heavy atom. The van der Waals surface area contributed by atoms with Gasteiger partial charge < -0.3 is 28.8 Å². The molecule has 2 aromatic rings. The molecule has 0 bridgehead atoms. The molecular weight excluding hydrogens is 372 g/mol. The smallest absolute Gasteiger partial charge is 0.318 e. The van der Waals surface area contributed by atoms with Gasteiger partial charge in [-0.1, -0.05) is 6.92 Å². The van der Waals surface area contributed by atoms with Crippen molar-refractivity contribution < 1.29 is 23.4 Å². The molecule has 0 radical (unpaired) electrons. The third-order valence-electron chi connectivity index (χ3n) is 5.72. The first-order chi connectivity index (χ1) is 14.2. The van der Waals surface area contributed by atoms with E-state index < -0.39 is 0 Å². The summed E-state index contributed by atoms with van der Waals surface area (Å²) in [5.41, 5.74) is 0. The van der Waals surface area contributed by atoms with Crippen LogP contribution in [0, 0.1) is 5.92 Å². The quantitative estimate of drug-likeness (QED) is 0.683. The molecule has 7 heteroatoms. The predicted molar refractivity (Wildman–Crippen MR) is 105 cm³/mol. The lowest BCUT2D eigenvalue weighted by atomic mass is 10.3. The van der Waals surface area contributed by atoms with E-state index >= 15 is 0 Å². The predicted octanol–water partition coefficient (Wildman–Crippen LogP) is 3.88. The van der Waals surface area contributed by atoms with E-state index in [0.29, 0.717) is 49.1 Å². The van der Waals surface area contributed by atoms with Gasteiger partial charge in [-0.25, -0.2) is 4.79 Å². The van der Waals surface area contributed by atoms with E-state index in [-0.39, 0.29) is 12.8 Å². The second-order valence-electron chi connectivity index (χ2n) is 8.08. The zero-order valence-corrected chi connectivity index (χ0v) is 16.6. The number of amides is 2. The number of fused-ring (bicyclic) bond motifs is 1. The molecule has 1 N–H and O–H groups in total. The zero-order chi connectivity index (χ0) is 19.8. The number of hydrogen-bond acceptors (Lipinski definition) is 5. The molecule has 1 aromatic heterocycles. The van der Waals surface area contributed by atoms with Crippen LogP contribution < -0.4 is 19.5 Å². The van der Waals surface area contributed by atoms with Gasteiger partial charge in [-0.2, -0.15) is 0 Å². The van der Waals surface area contributed by atoms with E-state index in [0.717, 1.165) is 30.1 Å². The summed E-state index contributed by atoms with van der Waals surface area (Å²) in [7, 11) is 0. The standard InChI is InChI=1S/C22H26N2O5/c1-14-10-18(14)19-6-5-17(29-19)12-24(15-2-3-15)22(25)23-8-9-26-16-4-7-20-21(11-16)28-13-27-20/h4-7,11,14-15,18H,2-3,8-10,12-13H2,1H3,(H,23,25). The molecule has 1 aliphatic heterocycles. The summed E-state index contributed by atoms with van der Waals surface area (Å²) in [6, 6.07) is 9.76. The van der Waals surface area contributed by atoms with Crippen LogP contribution in [0.25, 0.3) is 0 Å². The highest BCUT2D eigenvalue weighted by Gasteiger charge is 2.37. The van der Waals surface area contributed by atoms with Crippen molar-refractivity contribution in [2.75, 3.05) is 19.9 Å². The maximum absolute atomic E-state index is 12.7. The first-order valence-corrected chi connectivity index (χ1v) is 10.3. The topological polar surface area (TPSA) is 73.2 Å². The number of hydrogen-bond donors (Lipinski definition) is 1. The molecule has 3 aliphatic rings. The molecule has 154 valence electrons. The molecule has 2 atom stereocenters. The van der Waals surface area contributed by atoms with Gasteiger partial charge in [-0.15, -0.1) is 0 Å². The first-order valence-electron chi connectivity index (χ1n) is 10.3. The van der Waals surface area contributed by atoms with Gasteiger partial charge in [0.2, 0.25) is 6.79 Å². The summed E-state index contributed by atoms with van der Waals surface area (Å²) >= 11 is 0. The number of ether oxygens (including phenoxy) is 3. The lowest BCUT2D eigenvalue weighted by Gasteiger charge is -2.22. The highest BCUT2D eigenvalue weighted by atomic mass is 16.7. The molecule has 29 heavy (non-hydrogen) atoms. The SMILES string of the molecule is CC1CC1c1ccc(CN(C(=O)NCCOc2ccc3c(c2)OCO3)C2CC2)o1. The summed E-state index contributed by atoms with van der Waals surface area (Å²) in [4.78, 5) is 14.6. The van der Waals surface area contributed by atoms with Crippen LogP contribution in [0.5, 0.6) is 17.2 Å². The molecule has 2 heterocycles. The number of carbonyl (C=O) groups is 1. The van der Waals surface area contributed by atoms with Crippen LogP contribution in [0.3, 0.4) is 0 Å². The fraction of sp³-hybridized carbons (Fsp3) is 0.500. The number of nitrogens with zero attached hydrogens (tertiary/aromatic N) is 1. The Labute approximate surface area is 169 Å². The summed E-state index contributed by atoms with van der Waals surface area (Å²) in [6.45, 7) is 3.81. The van der Waals surface area contributed by atoms with Gasteiger partial charge in [0.1, 0.15) is 23.9 Å². The monoisotopic (exact) mass is 398 g/mol. The third kappa shape index (κ3) is 4.13. The van der Waals surface area contributed by atoms with Crippen LogP contribution in [0.2, 0.25) is 0 Å². The molecular formula is C22H26N2O5. The molecule has 2 aliphatic carbocycles. The minimum atomic E-state index is -0.0699. The Bertz CT molecular complexity index is 891. The van der Waals surface area contributed by atoms with Gasteiger partial charge in [-0.05, 0) is 49.4 Å². The average Bonchev–Trinajstić information content (AvgIpc) is 3.59. The Balaban J connectivity index is 1.10. The van der Waals surface area contributed by atoms with E-state index in [4.69, 9.17) is 18.6 Å². The Kier molecular flexibility index (Phi) is 4.73. The van der Waals surface area contributed by atoms with Crippen LogP contribution in [0.1, 0.15) is 43.6 Å². The van der Waals surface area contributed by atoms with E-state index in [9.17, 15) is 4.79 Å². The lowest BCUT2D eigenvalue weighted by molar-refractivity contribution is 0.173. The van der Waals surface area contributed by atoms with Crippen LogP contribution in [-0.2, 0) is 6.54 Å². The van der Waals surface area contributed by atoms with Crippen molar-refractivity contribution in [1.82, 2.24) is 10.2 Å². The molecule has 7 nitrogen and oxygen atoms in total. The number of rotatable bonds is 8. The minimum Gasteiger partial charge on any atom is -0.492 e. The molecule has 0 saturated heterocycles. The van der Waals surface area contributed by atoms with E-state index in [1.807, 2.05) is 23.1 Å². The largest absolute Gasteiger partial charge is 0.492 e. The first kappa shape index (κ1) is 18.2. The van der Waals surface area contributed by atoms with Crippen molar-refractivity contribution in [2.24, 2.45) is 5.92 Å². The average molecular weight is 398 g/mol. The van der Waals surface area contributed by atoms with Gasteiger partial charge >= 0.3 is 6.03 Å². The van der Waals surface area contributed by atoms with Gasteiger partial charge in [0, 0.05) is 18.0 Å². The fourth-order valence-electron chi connectivity index (χ4n) is 3.71. The Morgan fingerprint density at radius 1 is 1.21 bits per heavy atom. The van der Waals surface area contributed by atoms with Crippen LogP contribution in [0.4, 0.5) is 4.79 Å². The summed E-state index contributed by atoms with van der Waals surface area (Å²) in [5.74, 6) is 5.29. The molecule has 0 spiro atoms. The lowest BCUT2D eigenvalue weighted by Crippen LogP contribution is -2.42. The van der Waals surface area contributed by atoms with Gasteiger partial charge in [0.15, 0.2) is 11.5 Å². The van der Waals surface area contributed by atoms with Crippen molar-refractivity contribution in [3.05, 3.63) is 41.9 Å². The van der Waals surface area contributed by atoms with E-state index in [1.165, 1.54) is 6.42 Å². The van der Waals surface area contributed by atoms with E-state index in [1.54, 1.807) is 6.07 Å². The molecule has 1 aromatic carbocycles. The minimum absolute atomic E-state index is 0.0699. The molecule has 5 rings (SSSR count). The number of nitrogens with one attached hydrogen (secondary N) is 1. The van der Waals surface area contributed by atoms with Crippen LogP contribution in [0.15, 0.2) is 34.7 Å². The Hall–Kier alpha value is -2.83. The normalized spacial score (nSPS) is 21.7. The van der Waals surface area contributed by atoms with Crippen molar-refractivity contribution >= 4 is 6.03 Å². The fourth-order valence-corrected chi connectivity index (χ4v) is 3.71. The summed E-state index contributed by atoms with van der Waals surface area (Å²) in [6.07, 6.45) is 3.30.